The fraction of sp³-hybridized carbons (Fsp3) is 0.579. The van der Waals surface area contributed by atoms with E-state index in [1.54, 1.807) is 11.3 Å². The highest BCUT2D eigenvalue weighted by molar-refractivity contribution is 7.18. The molecule has 2 aromatic heterocycles. The second-order valence-electron chi connectivity index (χ2n) is 7.22. The first-order chi connectivity index (χ1) is 11.3. The van der Waals surface area contributed by atoms with Crippen molar-refractivity contribution in [3.8, 4) is 0 Å². The number of fused-ring (bicyclic) bond motifs is 2. The van der Waals surface area contributed by atoms with Crippen LogP contribution in [-0.2, 0) is 19.4 Å². The van der Waals surface area contributed by atoms with Gasteiger partial charge in [-0.05, 0) is 48.3 Å². The molecular formula is C19H29N3OS. The third-order valence-electron chi connectivity index (χ3n) is 4.59. The lowest BCUT2D eigenvalue weighted by Crippen LogP contribution is -2.28. The van der Waals surface area contributed by atoms with Crippen LogP contribution in [0.5, 0.6) is 0 Å². The van der Waals surface area contributed by atoms with Crippen LogP contribution in [0.1, 0.15) is 57.2 Å². The van der Waals surface area contributed by atoms with E-state index in [2.05, 4.69) is 38.2 Å². The number of carbonyl (C=O) groups excluding carboxylic acids is 1. The molecule has 0 bridgehead atoms. The number of rotatable bonds is 2. The standard InChI is InChI=1S/C17H23N3OS.C2H6/c1-17(2,3)12-4-5-14-10(7-12)6-11-8-13(9-19-16(18)21)22-15(11)20-14;1-2/h6,8,12H,4-5,7,9H2,1-3H3,(H3,18,19,21);1-2H3. The van der Waals surface area contributed by atoms with Crippen LogP contribution in [0, 0.1) is 11.3 Å². The van der Waals surface area contributed by atoms with E-state index in [-0.39, 0.29) is 0 Å². The molecule has 1 unspecified atom stereocenters. The molecule has 1 aliphatic rings. The summed E-state index contributed by atoms with van der Waals surface area (Å²) in [5.74, 6) is 0.717. The second kappa shape index (κ2) is 7.51. The summed E-state index contributed by atoms with van der Waals surface area (Å²) >= 11 is 1.64. The number of urea groups is 1. The van der Waals surface area contributed by atoms with Crippen LogP contribution in [0.25, 0.3) is 10.2 Å². The van der Waals surface area contributed by atoms with E-state index >= 15 is 0 Å². The van der Waals surface area contributed by atoms with Gasteiger partial charge in [0.25, 0.3) is 0 Å². The topological polar surface area (TPSA) is 68.0 Å². The molecule has 0 saturated heterocycles. The van der Waals surface area contributed by atoms with Crippen molar-refractivity contribution in [2.24, 2.45) is 17.1 Å². The van der Waals surface area contributed by atoms with E-state index in [9.17, 15) is 4.79 Å². The molecule has 0 aliphatic heterocycles. The first-order valence-corrected chi connectivity index (χ1v) is 9.59. The lowest BCUT2D eigenvalue weighted by molar-refractivity contribution is 0.215. The zero-order valence-corrected chi connectivity index (χ0v) is 16.2. The van der Waals surface area contributed by atoms with E-state index in [4.69, 9.17) is 10.7 Å². The van der Waals surface area contributed by atoms with Crippen molar-refractivity contribution in [3.05, 3.63) is 28.3 Å². The maximum absolute atomic E-state index is 10.8. The van der Waals surface area contributed by atoms with E-state index in [1.165, 1.54) is 23.1 Å². The summed E-state index contributed by atoms with van der Waals surface area (Å²) in [6.07, 6.45) is 3.41. The van der Waals surface area contributed by atoms with Crippen LogP contribution >= 0.6 is 11.3 Å². The van der Waals surface area contributed by atoms with Crippen LogP contribution in [-0.4, -0.2) is 11.0 Å². The Labute approximate surface area is 148 Å². The van der Waals surface area contributed by atoms with Gasteiger partial charge >= 0.3 is 6.03 Å². The Morgan fingerprint density at radius 2 is 2.08 bits per heavy atom. The van der Waals surface area contributed by atoms with Crippen molar-refractivity contribution in [2.75, 3.05) is 0 Å². The summed E-state index contributed by atoms with van der Waals surface area (Å²) in [6, 6.07) is 3.92. The molecule has 0 radical (unpaired) electrons. The van der Waals surface area contributed by atoms with Crippen LogP contribution in [0.3, 0.4) is 0 Å². The van der Waals surface area contributed by atoms with E-state index in [0.717, 1.165) is 22.5 Å². The third kappa shape index (κ3) is 4.26. The second-order valence-corrected chi connectivity index (χ2v) is 8.34. The van der Waals surface area contributed by atoms with Crippen molar-refractivity contribution in [2.45, 2.75) is 60.4 Å². The molecule has 3 rings (SSSR count). The zero-order chi connectivity index (χ0) is 17.9. The maximum Gasteiger partial charge on any atom is 0.312 e. The van der Waals surface area contributed by atoms with Crippen molar-refractivity contribution in [3.63, 3.8) is 0 Å². The summed E-state index contributed by atoms with van der Waals surface area (Å²) in [5, 5.41) is 3.82. The number of aryl methyl sites for hydroxylation is 1. The molecule has 1 atom stereocenters. The van der Waals surface area contributed by atoms with Gasteiger partial charge in [0.1, 0.15) is 4.83 Å². The summed E-state index contributed by atoms with van der Waals surface area (Å²) in [4.78, 5) is 17.8. The predicted octanol–water partition coefficient (Wildman–Crippen LogP) is 4.64. The number of nitrogens with two attached hydrogens (primary N) is 1. The lowest BCUT2D eigenvalue weighted by atomic mass is 9.71. The van der Waals surface area contributed by atoms with Gasteiger partial charge in [-0.3, -0.25) is 0 Å². The number of carbonyl (C=O) groups is 1. The minimum Gasteiger partial charge on any atom is -0.352 e. The van der Waals surface area contributed by atoms with E-state index < -0.39 is 6.03 Å². The predicted molar refractivity (Wildman–Crippen MR) is 102 cm³/mol. The fourth-order valence-corrected chi connectivity index (χ4v) is 4.15. The smallest absolute Gasteiger partial charge is 0.312 e. The van der Waals surface area contributed by atoms with Crippen LogP contribution in [0.2, 0.25) is 0 Å². The minimum atomic E-state index is -0.488. The van der Waals surface area contributed by atoms with Crippen LogP contribution in [0.4, 0.5) is 4.79 Å². The summed E-state index contributed by atoms with van der Waals surface area (Å²) in [6.45, 7) is 11.5. The van der Waals surface area contributed by atoms with Gasteiger partial charge < -0.3 is 11.1 Å². The monoisotopic (exact) mass is 347 g/mol. The van der Waals surface area contributed by atoms with E-state index in [0.29, 0.717) is 17.9 Å². The van der Waals surface area contributed by atoms with Crippen molar-refractivity contribution >= 4 is 27.6 Å². The number of thiophene rings is 1. The number of nitrogens with one attached hydrogen (secondary N) is 1. The number of nitrogens with zero attached hydrogens (tertiary/aromatic N) is 1. The number of aromatic nitrogens is 1. The van der Waals surface area contributed by atoms with Gasteiger partial charge in [0, 0.05) is 16.0 Å². The molecule has 3 N–H and O–H groups in total. The maximum atomic E-state index is 10.8. The van der Waals surface area contributed by atoms with E-state index in [1.807, 2.05) is 13.8 Å². The average Bonchev–Trinajstić information content (AvgIpc) is 2.92. The highest BCUT2D eigenvalue weighted by Crippen LogP contribution is 2.38. The molecule has 5 heteroatoms. The normalized spacial score (nSPS) is 17.0. The Morgan fingerprint density at radius 1 is 1.38 bits per heavy atom. The molecule has 0 spiro atoms. The lowest BCUT2D eigenvalue weighted by Gasteiger charge is -2.34. The van der Waals surface area contributed by atoms with Gasteiger partial charge in [-0.15, -0.1) is 11.3 Å². The van der Waals surface area contributed by atoms with Crippen molar-refractivity contribution in [1.29, 1.82) is 0 Å². The highest BCUT2D eigenvalue weighted by Gasteiger charge is 2.29. The Bertz CT molecular complexity index is 715. The summed E-state index contributed by atoms with van der Waals surface area (Å²) in [5.41, 5.74) is 8.12. The average molecular weight is 348 g/mol. The molecule has 0 fully saturated rings. The van der Waals surface area contributed by atoms with Gasteiger partial charge in [-0.2, -0.15) is 0 Å². The van der Waals surface area contributed by atoms with Gasteiger partial charge in [-0.25, -0.2) is 9.78 Å². The molecule has 0 aromatic carbocycles. The van der Waals surface area contributed by atoms with Crippen molar-refractivity contribution in [1.82, 2.24) is 10.3 Å². The number of hydrogen-bond acceptors (Lipinski definition) is 3. The Hall–Kier alpha value is -1.62. The van der Waals surface area contributed by atoms with Crippen LogP contribution in [0.15, 0.2) is 12.1 Å². The molecule has 2 aromatic rings. The summed E-state index contributed by atoms with van der Waals surface area (Å²) < 4.78 is 0. The number of hydrogen-bond donors (Lipinski definition) is 2. The largest absolute Gasteiger partial charge is 0.352 e. The minimum absolute atomic E-state index is 0.345. The molecule has 24 heavy (non-hydrogen) atoms. The number of amides is 2. The molecule has 2 amide bonds. The third-order valence-corrected chi connectivity index (χ3v) is 5.63. The van der Waals surface area contributed by atoms with Gasteiger partial charge in [0.15, 0.2) is 0 Å². The van der Waals surface area contributed by atoms with Crippen LogP contribution < -0.4 is 11.1 Å². The number of pyridine rings is 1. The van der Waals surface area contributed by atoms with Gasteiger partial charge in [0.2, 0.25) is 0 Å². The quantitative estimate of drug-likeness (QED) is 0.831. The van der Waals surface area contributed by atoms with Gasteiger partial charge in [0.05, 0.1) is 6.54 Å². The van der Waals surface area contributed by atoms with Gasteiger partial charge in [-0.1, -0.05) is 34.6 Å². The Kier molecular flexibility index (Phi) is 5.86. The molecular weight excluding hydrogens is 318 g/mol. The van der Waals surface area contributed by atoms with Crippen molar-refractivity contribution < 1.29 is 4.79 Å². The number of primary amides is 1. The first-order valence-electron chi connectivity index (χ1n) is 8.77. The summed E-state index contributed by atoms with van der Waals surface area (Å²) in [7, 11) is 0. The molecule has 0 saturated carbocycles. The fourth-order valence-electron chi connectivity index (χ4n) is 3.18. The SMILES string of the molecule is CC.CC(C)(C)C1CCc2nc3sc(CNC(N)=O)cc3cc2C1. The Morgan fingerprint density at radius 3 is 2.71 bits per heavy atom. The highest BCUT2D eigenvalue weighted by atomic mass is 32.1. The zero-order valence-electron chi connectivity index (χ0n) is 15.4. The molecule has 132 valence electrons. The molecule has 4 nitrogen and oxygen atoms in total. The molecule has 1 aliphatic carbocycles. The first kappa shape index (κ1) is 18.7. The Balaban J connectivity index is 0.00000100. The molecule has 2 heterocycles.